The number of esters is 1. The second-order valence-electron chi connectivity index (χ2n) is 5.73. The topological polar surface area (TPSA) is 58.6 Å². The van der Waals surface area contributed by atoms with Crippen LogP contribution in [0.1, 0.15) is 47.0 Å². The molecule has 1 amide bonds. The van der Waals surface area contributed by atoms with Crippen molar-refractivity contribution in [3.05, 3.63) is 0 Å². The van der Waals surface area contributed by atoms with Crippen LogP contribution < -0.4 is 5.32 Å². The zero-order valence-electron chi connectivity index (χ0n) is 12.5. The predicted molar refractivity (Wildman–Crippen MR) is 73.7 cm³/mol. The average molecular weight is 270 g/mol. The van der Waals surface area contributed by atoms with E-state index >= 15 is 0 Å². The number of hydrogen-bond acceptors (Lipinski definition) is 4. The molecular weight excluding hydrogens is 244 g/mol. The van der Waals surface area contributed by atoms with Gasteiger partial charge in [-0.05, 0) is 40.0 Å². The van der Waals surface area contributed by atoms with E-state index in [4.69, 9.17) is 4.74 Å². The van der Waals surface area contributed by atoms with Gasteiger partial charge in [0.15, 0.2) is 0 Å². The Labute approximate surface area is 115 Å². The molecule has 0 aromatic carbocycles. The first-order chi connectivity index (χ1) is 8.88. The Morgan fingerprint density at radius 3 is 2.37 bits per heavy atom. The van der Waals surface area contributed by atoms with Gasteiger partial charge in [-0.1, -0.05) is 6.92 Å². The molecule has 0 bridgehead atoms. The maximum atomic E-state index is 12.0. The quantitative estimate of drug-likeness (QED) is 0.676. The Balaban J connectivity index is 2.45. The smallest absolute Gasteiger partial charge is 0.320 e. The number of nitrogens with one attached hydrogen (secondary N) is 1. The summed E-state index contributed by atoms with van der Waals surface area (Å²) >= 11 is 0. The summed E-state index contributed by atoms with van der Waals surface area (Å²) in [6.07, 6.45) is 2.99. The number of hydrogen-bond donors (Lipinski definition) is 1. The fraction of sp³-hybridized carbons (Fsp3) is 0.857. The van der Waals surface area contributed by atoms with Crippen LogP contribution in [0.5, 0.6) is 0 Å². The molecule has 1 saturated carbocycles. The molecule has 0 heterocycles. The number of amides is 1. The molecule has 0 atom stereocenters. The number of carbonyl (C=O) groups is 2. The van der Waals surface area contributed by atoms with Crippen LogP contribution in [0.2, 0.25) is 0 Å². The van der Waals surface area contributed by atoms with Gasteiger partial charge in [0.2, 0.25) is 5.91 Å². The summed E-state index contributed by atoms with van der Waals surface area (Å²) < 4.78 is 4.94. The maximum Gasteiger partial charge on any atom is 0.320 e. The van der Waals surface area contributed by atoms with Crippen molar-refractivity contribution in [3.8, 4) is 0 Å². The van der Waals surface area contributed by atoms with Gasteiger partial charge in [0, 0.05) is 11.6 Å². The zero-order valence-corrected chi connectivity index (χ0v) is 12.5. The molecule has 0 aliphatic heterocycles. The molecule has 1 fully saturated rings. The van der Waals surface area contributed by atoms with Gasteiger partial charge in [-0.15, -0.1) is 0 Å². The molecular formula is C14H26N2O3. The molecule has 5 nitrogen and oxygen atoms in total. The lowest BCUT2D eigenvalue weighted by Gasteiger charge is -2.27. The van der Waals surface area contributed by atoms with Crippen molar-refractivity contribution >= 4 is 11.9 Å². The van der Waals surface area contributed by atoms with Crippen LogP contribution in [0, 0.1) is 0 Å². The third kappa shape index (κ3) is 6.05. The van der Waals surface area contributed by atoms with E-state index in [1.165, 1.54) is 0 Å². The summed E-state index contributed by atoms with van der Waals surface area (Å²) in [5, 5.41) is 2.99. The Bertz CT molecular complexity index is 325. The molecule has 1 N–H and O–H groups in total. The van der Waals surface area contributed by atoms with E-state index in [0.29, 0.717) is 12.6 Å². The Morgan fingerprint density at radius 2 is 1.89 bits per heavy atom. The third-order valence-electron chi connectivity index (χ3n) is 3.41. The van der Waals surface area contributed by atoms with E-state index < -0.39 is 0 Å². The van der Waals surface area contributed by atoms with Crippen molar-refractivity contribution in [2.45, 2.75) is 58.5 Å². The summed E-state index contributed by atoms with van der Waals surface area (Å²) in [5.74, 6) is -0.278. The van der Waals surface area contributed by atoms with Crippen LogP contribution in [-0.4, -0.2) is 48.1 Å². The Hall–Kier alpha value is -1.10. The van der Waals surface area contributed by atoms with Gasteiger partial charge >= 0.3 is 5.97 Å². The Morgan fingerprint density at radius 1 is 1.26 bits per heavy atom. The van der Waals surface area contributed by atoms with Crippen LogP contribution in [-0.2, 0) is 14.3 Å². The second-order valence-corrected chi connectivity index (χ2v) is 5.73. The monoisotopic (exact) mass is 270 g/mol. The summed E-state index contributed by atoms with van der Waals surface area (Å²) in [7, 11) is 0. The van der Waals surface area contributed by atoms with Gasteiger partial charge < -0.3 is 10.1 Å². The maximum absolute atomic E-state index is 12.0. The lowest BCUT2D eigenvalue weighted by atomic mass is 10.0. The zero-order chi connectivity index (χ0) is 14.5. The van der Waals surface area contributed by atoms with Gasteiger partial charge in [-0.25, -0.2) is 0 Å². The number of ether oxygens (including phenoxy) is 1. The summed E-state index contributed by atoms with van der Waals surface area (Å²) in [5.41, 5.74) is -0.198. The fourth-order valence-electron chi connectivity index (χ4n) is 1.82. The second kappa shape index (κ2) is 6.89. The molecule has 0 aromatic heterocycles. The molecule has 0 unspecified atom stereocenters. The van der Waals surface area contributed by atoms with Gasteiger partial charge in [0.05, 0.1) is 19.7 Å². The molecule has 19 heavy (non-hydrogen) atoms. The fourth-order valence-corrected chi connectivity index (χ4v) is 1.82. The summed E-state index contributed by atoms with van der Waals surface area (Å²) in [4.78, 5) is 25.4. The van der Waals surface area contributed by atoms with Crippen molar-refractivity contribution < 1.29 is 14.3 Å². The number of nitrogens with zero attached hydrogens (tertiary/aromatic N) is 1. The van der Waals surface area contributed by atoms with E-state index in [0.717, 1.165) is 19.3 Å². The molecule has 0 spiro atoms. The molecule has 0 saturated heterocycles. The van der Waals surface area contributed by atoms with Crippen LogP contribution >= 0.6 is 0 Å². The predicted octanol–water partition coefficient (Wildman–Crippen LogP) is 1.32. The van der Waals surface area contributed by atoms with Gasteiger partial charge in [-0.3, -0.25) is 14.5 Å². The SMILES string of the molecule is CCOC(=O)CN(CC(=O)NC(C)(C)CC)C1CC1. The lowest BCUT2D eigenvalue weighted by molar-refractivity contribution is -0.144. The number of carbonyl (C=O) groups excluding carboxylic acids is 2. The van der Waals surface area contributed by atoms with Crippen molar-refractivity contribution in [1.29, 1.82) is 0 Å². The standard InChI is InChI=1S/C14H26N2O3/c1-5-14(3,4)15-12(17)9-16(11-7-8-11)10-13(18)19-6-2/h11H,5-10H2,1-4H3,(H,15,17). The number of rotatable bonds is 8. The first-order valence-electron chi connectivity index (χ1n) is 7.08. The van der Waals surface area contributed by atoms with Crippen LogP contribution in [0.15, 0.2) is 0 Å². The molecule has 0 radical (unpaired) electrons. The van der Waals surface area contributed by atoms with E-state index in [-0.39, 0.29) is 30.5 Å². The van der Waals surface area contributed by atoms with E-state index in [1.54, 1.807) is 6.92 Å². The average Bonchev–Trinajstić information content (AvgIpc) is 3.11. The van der Waals surface area contributed by atoms with Crippen LogP contribution in [0.25, 0.3) is 0 Å². The summed E-state index contributed by atoms with van der Waals surface area (Å²) in [6, 6.07) is 0.361. The van der Waals surface area contributed by atoms with Crippen molar-refractivity contribution in [2.75, 3.05) is 19.7 Å². The molecule has 1 rings (SSSR count). The van der Waals surface area contributed by atoms with Gasteiger partial charge in [0.25, 0.3) is 0 Å². The molecule has 1 aliphatic rings. The lowest BCUT2D eigenvalue weighted by Crippen LogP contribution is -2.48. The largest absolute Gasteiger partial charge is 0.465 e. The first-order valence-corrected chi connectivity index (χ1v) is 7.08. The van der Waals surface area contributed by atoms with E-state index in [2.05, 4.69) is 5.32 Å². The summed E-state index contributed by atoms with van der Waals surface area (Å²) in [6.45, 7) is 8.68. The minimum atomic E-state index is -0.253. The van der Waals surface area contributed by atoms with Gasteiger partial charge in [0.1, 0.15) is 0 Å². The van der Waals surface area contributed by atoms with Crippen molar-refractivity contribution in [3.63, 3.8) is 0 Å². The highest BCUT2D eigenvalue weighted by atomic mass is 16.5. The van der Waals surface area contributed by atoms with Crippen molar-refractivity contribution in [1.82, 2.24) is 10.2 Å². The minimum absolute atomic E-state index is 0.0250. The van der Waals surface area contributed by atoms with Crippen LogP contribution in [0.3, 0.4) is 0 Å². The van der Waals surface area contributed by atoms with E-state index in [9.17, 15) is 9.59 Å². The highest BCUT2D eigenvalue weighted by molar-refractivity contribution is 5.80. The molecule has 5 heteroatoms. The van der Waals surface area contributed by atoms with Crippen molar-refractivity contribution in [2.24, 2.45) is 0 Å². The molecule has 0 aromatic rings. The Kier molecular flexibility index (Phi) is 5.79. The first kappa shape index (κ1) is 16.0. The van der Waals surface area contributed by atoms with Gasteiger partial charge in [-0.2, -0.15) is 0 Å². The van der Waals surface area contributed by atoms with E-state index in [1.807, 2.05) is 25.7 Å². The highest BCUT2D eigenvalue weighted by Crippen LogP contribution is 2.26. The minimum Gasteiger partial charge on any atom is -0.465 e. The normalized spacial score (nSPS) is 15.4. The molecule has 110 valence electrons. The van der Waals surface area contributed by atoms with Crippen LogP contribution in [0.4, 0.5) is 0 Å². The highest BCUT2D eigenvalue weighted by Gasteiger charge is 2.32. The molecule has 1 aliphatic carbocycles. The third-order valence-corrected chi connectivity index (χ3v) is 3.41.